The predicted molar refractivity (Wildman–Crippen MR) is 94.4 cm³/mol. The number of aliphatic hydroxyl groups excluding tert-OH is 2. The van der Waals surface area contributed by atoms with Crippen LogP contribution in [0.25, 0.3) is 0 Å². The molecule has 10 nitrogen and oxygen atoms in total. The predicted octanol–water partition coefficient (Wildman–Crippen LogP) is -3.25. The Kier molecular flexibility index (Phi) is 7.52. The van der Waals surface area contributed by atoms with Gasteiger partial charge < -0.3 is 26.4 Å². The van der Waals surface area contributed by atoms with E-state index >= 15 is 0 Å². The fourth-order valence-corrected chi connectivity index (χ4v) is 2.72. The fourth-order valence-electron chi connectivity index (χ4n) is 2.72. The van der Waals surface area contributed by atoms with Gasteiger partial charge >= 0.3 is 5.69 Å². The SMILES string of the molecule is NCCN(CC#Cc1cn([C@H]2C[C@H](O)[C@@H](CO)O2)c(=O)[nH]c1=O)CCN. The summed E-state index contributed by atoms with van der Waals surface area (Å²) in [7, 11) is 0. The standard InChI is InChI=1S/C16H25N5O5/c17-3-6-20(7-4-18)5-1-2-11-9-21(16(25)19-15(11)24)14-8-12(23)13(10-22)26-14/h9,12-14,22-23H,3-8,10,17-18H2,(H,19,24,25)/t12-,13+,14+/m0/s1. The minimum absolute atomic E-state index is 0.107. The zero-order valence-electron chi connectivity index (χ0n) is 14.4. The maximum absolute atomic E-state index is 12.0. The Labute approximate surface area is 150 Å². The largest absolute Gasteiger partial charge is 0.394 e. The highest BCUT2D eigenvalue weighted by Gasteiger charge is 2.35. The zero-order chi connectivity index (χ0) is 19.1. The van der Waals surface area contributed by atoms with Gasteiger partial charge in [0.1, 0.15) is 17.9 Å². The third kappa shape index (κ3) is 5.01. The van der Waals surface area contributed by atoms with Gasteiger partial charge in [0.05, 0.1) is 19.3 Å². The lowest BCUT2D eigenvalue weighted by Gasteiger charge is -2.17. The highest BCUT2D eigenvalue weighted by molar-refractivity contribution is 5.30. The molecule has 144 valence electrons. The summed E-state index contributed by atoms with van der Waals surface area (Å²) in [6.45, 7) is 2.25. The molecule has 1 aliphatic heterocycles. The van der Waals surface area contributed by atoms with Crippen LogP contribution in [0.4, 0.5) is 0 Å². The molecule has 1 aromatic heterocycles. The number of aliphatic hydroxyl groups is 2. The Morgan fingerprint density at radius 2 is 2.04 bits per heavy atom. The third-order valence-corrected chi connectivity index (χ3v) is 4.08. The van der Waals surface area contributed by atoms with E-state index in [4.69, 9.17) is 21.3 Å². The van der Waals surface area contributed by atoms with Gasteiger partial charge in [-0.2, -0.15) is 0 Å². The van der Waals surface area contributed by atoms with Crippen molar-refractivity contribution in [3.05, 3.63) is 32.6 Å². The van der Waals surface area contributed by atoms with Crippen LogP contribution in [0.5, 0.6) is 0 Å². The van der Waals surface area contributed by atoms with Crippen LogP contribution in [0.1, 0.15) is 18.2 Å². The van der Waals surface area contributed by atoms with Crippen LogP contribution in [0.2, 0.25) is 0 Å². The molecule has 1 saturated heterocycles. The molecule has 0 aliphatic carbocycles. The van der Waals surface area contributed by atoms with E-state index in [2.05, 4.69) is 16.8 Å². The number of rotatable bonds is 7. The van der Waals surface area contributed by atoms with Crippen molar-refractivity contribution >= 4 is 0 Å². The number of H-pyrrole nitrogens is 1. The van der Waals surface area contributed by atoms with Crippen molar-refractivity contribution in [2.45, 2.75) is 24.9 Å². The average Bonchev–Trinajstić information content (AvgIpc) is 2.97. The molecule has 2 heterocycles. The van der Waals surface area contributed by atoms with Crippen LogP contribution in [-0.4, -0.2) is 76.2 Å². The van der Waals surface area contributed by atoms with Crippen molar-refractivity contribution < 1.29 is 14.9 Å². The van der Waals surface area contributed by atoms with E-state index in [1.165, 1.54) is 10.8 Å². The smallest absolute Gasteiger partial charge is 0.330 e. The normalized spacial score (nSPS) is 22.4. The van der Waals surface area contributed by atoms with Crippen LogP contribution in [0.3, 0.4) is 0 Å². The maximum atomic E-state index is 12.0. The molecule has 3 atom stereocenters. The molecule has 0 amide bonds. The summed E-state index contributed by atoms with van der Waals surface area (Å²) in [4.78, 5) is 28.1. The number of hydrogen-bond acceptors (Lipinski definition) is 8. The lowest BCUT2D eigenvalue weighted by atomic mass is 10.2. The Bertz CT molecular complexity index is 759. The van der Waals surface area contributed by atoms with Crippen molar-refractivity contribution in [3.63, 3.8) is 0 Å². The number of ether oxygens (including phenoxy) is 1. The highest BCUT2D eigenvalue weighted by atomic mass is 16.5. The Balaban J connectivity index is 2.20. The molecule has 2 rings (SSSR count). The molecule has 1 aromatic rings. The van der Waals surface area contributed by atoms with Crippen molar-refractivity contribution in [1.82, 2.24) is 14.5 Å². The summed E-state index contributed by atoms with van der Waals surface area (Å²) in [5.74, 6) is 5.62. The Hall–Kier alpha value is -2.00. The second kappa shape index (κ2) is 9.63. The van der Waals surface area contributed by atoms with Gasteiger partial charge in [-0.25, -0.2) is 4.79 Å². The van der Waals surface area contributed by atoms with E-state index in [0.29, 0.717) is 32.7 Å². The number of aromatic nitrogens is 2. The summed E-state index contributed by atoms with van der Waals surface area (Å²) >= 11 is 0. The number of nitrogens with one attached hydrogen (secondary N) is 1. The summed E-state index contributed by atoms with van der Waals surface area (Å²) in [5.41, 5.74) is 9.91. The summed E-state index contributed by atoms with van der Waals surface area (Å²) < 4.78 is 6.62. The first-order chi connectivity index (χ1) is 12.5. The number of nitrogens with zero attached hydrogens (tertiary/aromatic N) is 2. The Morgan fingerprint density at radius 3 is 2.62 bits per heavy atom. The van der Waals surface area contributed by atoms with Gasteiger partial charge in [0, 0.05) is 38.8 Å². The molecule has 0 bridgehead atoms. The molecule has 0 spiro atoms. The van der Waals surface area contributed by atoms with Crippen LogP contribution in [-0.2, 0) is 4.74 Å². The van der Waals surface area contributed by atoms with Crippen molar-refractivity contribution in [3.8, 4) is 11.8 Å². The molecule has 1 aliphatic rings. The molecule has 0 unspecified atom stereocenters. The molecule has 1 fully saturated rings. The first-order valence-corrected chi connectivity index (χ1v) is 8.41. The first-order valence-electron chi connectivity index (χ1n) is 8.41. The van der Waals surface area contributed by atoms with E-state index in [9.17, 15) is 14.7 Å². The molecule has 10 heteroatoms. The number of nitrogens with two attached hydrogens (primary N) is 2. The second-order valence-electron chi connectivity index (χ2n) is 5.98. The van der Waals surface area contributed by atoms with Gasteiger partial charge in [0.2, 0.25) is 0 Å². The van der Waals surface area contributed by atoms with Gasteiger partial charge in [-0.3, -0.25) is 19.2 Å². The van der Waals surface area contributed by atoms with Crippen molar-refractivity contribution in [2.75, 3.05) is 39.3 Å². The van der Waals surface area contributed by atoms with Crippen LogP contribution >= 0.6 is 0 Å². The number of aromatic amines is 1. The maximum Gasteiger partial charge on any atom is 0.330 e. The van der Waals surface area contributed by atoms with Gasteiger partial charge in [-0.05, 0) is 0 Å². The van der Waals surface area contributed by atoms with E-state index in [0.717, 1.165) is 0 Å². The summed E-state index contributed by atoms with van der Waals surface area (Å²) in [6, 6.07) is 0. The lowest BCUT2D eigenvalue weighted by Crippen LogP contribution is -2.34. The molecule has 0 aromatic carbocycles. The van der Waals surface area contributed by atoms with Crippen LogP contribution in [0, 0.1) is 11.8 Å². The Morgan fingerprint density at radius 1 is 1.35 bits per heavy atom. The molecule has 0 saturated carbocycles. The zero-order valence-corrected chi connectivity index (χ0v) is 14.4. The van der Waals surface area contributed by atoms with E-state index < -0.39 is 29.7 Å². The molecular formula is C16H25N5O5. The van der Waals surface area contributed by atoms with E-state index in [1.807, 2.05) is 4.90 Å². The number of hydrogen-bond donors (Lipinski definition) is 5. The van der Waals surface area contributed by atoms with E-state index in [-0.39, 0.29) is 18.6 Å². The van der Waals surface area contributed by atoms with Crippen LogP contribution < -0.4 is 22.7 Å². The first kappa shape index (κ1) is 20.3. The van der Waals surface area contributed by atoms with Crippen molar-refractivity contribution in [1.29, 1.82) is 0 Å². The molecule has 0 radical (unpaired) electrons. The van der Waals surface area contributed by atoms with Crippen LogP contribution in [0.15, 0.2) is 15.8 Å². The average molecular weight is 367 g/mol. The topological polar surface area (TPSA) is 160 Å². The van der Waals surface area contributed by atoms with E-state index in [1.54, 1.807) is 0 Å². The summed E-state index contributed by atoms with van der Waals surface area (Å²) in [6.07, 6.45) is -1.00. The minimum Gasteiger partial charge on any atom is -0.394 e. The second-order valence-corrected chi connectivity index (χ2v) is 5.98. The monoisotopic (exact) mass is 367 g/mol. The minimum atomic E-state index is -0.889. The lowest BCUT2D eigenvalue weighted by molar-refractivity contribution is -0.0459. The molecular weight excluding hydrogens is 342 g/mol. The summed E-state index contributed by atoms with van der Waals surface area (Å²) in [5, 5.41) is 19.0. The molecule has 7 N–H and O–H groups in total. The third-order valence-electron chi connectivity index (χ3n) is 4.08. The van der Waals surface area contributed by atoms with Gasteiger partial charge in [-0.1, -0.05) is 11.8 Å². The quantitative estimate of drug-likeness (QED) is 0.314. The molecule has 26 heavy (non-hydrogen) atoms. The van der Waals surface area contributed by atoms with Gasteiger partial charge in [0.25, 0.3) is 5.56 Å². The highest BCUT2D eigenvalue weighted by Crippen LogP contribution is 2.27. The fraction of sp³-hybridized carbons (Fsp3) is 0.625. The van der Waals surface area contributed by atoms with Gasteiger partial charge in [-0.15, -0.1) is 0 Å². The van der Waals surface area contributed by atoms with Gasteiger partial charge in [0.15, 0.2) is 0 Å². The van der Waals surface area contributed by atoms with Crippen molar-refractivity contribution in [2.24, 2.45) is 11.5 Å².